The van der Waals surface area contributed by atoms with Crippen molar-refractivity contribution in [3.63, 3.8) is 0 Å². The maximum atomic E-state index is 12.1. The quantitative estimate of drug-likeness (QED) is 0.803. The molecule has 0 aliphatic carbocycles. The van der Waals surface area contributed by atoms with Gasteiger partial charge in [-0.25, -0.2) is 0 Å². The molecular weight excluding hydrogens is 272 g/mol. The molecule has 1 rings (SSSR count). The minimum atomic E-state index is -0.943. The van der Waals surface area contributed by atoms with Crippen LogP contribution in [0.5, 0.6) is 0 Å². The van der Waals surface area contributed by atoms with Gasteiger partial charge >= 0.3 is 5.97 Å². The second kappa shape index (κ2) is 7.43. The van der Waals surface area contributed by atoms with Gasteiger partial charge in [-0.2, -0.15) is 0 Å². The predicted molar refractivity (Wildman–Crippen MR) is 78.7 cm³/mol. The molecule has 6 nitrogen and oxygen atoms in total. The SMILES string of the molecule is CC(C)(C)C(CC(=O)O)NC(=O)CN1CCCCCC1=O. The van der Waals surface area contributed by atoms with E-state index < -0.39 is 12.0 Å². The van der Waals surface area contributed by atoms with Gasteiger partial charge in [-0.1, -0.05) is 27.2 Å². The van der Waals surface area contributed by atoms with Crippen LogP contribution in [-0.4, -0.2) is 46.9 Å². The summed E-state index contributed by atoms with van der Waals surface area (Å²) in [4.78, 5) is 36.5. The third kappa shape index (κ3) is 6.14. The minimum absolute atomic E-state index is 0.00759. The Labute approximate surface area is 125 Å². The van der Waals surface area contributed by atoms with Gasteiger partial charge in [0.05, 0.1) is 13.0 Å². The molecule has 1 aliphatic rings. The zero-order valence-electron chi connectivity index (χ0n) is 13.1. The van der Waals surface area contributed by atoms with Crippen molar-refractivity contribution in [2.75, 3.05) is 13.1 Å². The molecule has 1 saturated heterocycles. The molecule has 0 bridgehead atoms. The van der Waals surface area contributed by atoms with E-state index in [1.165, 1.54) is 0 Å². The lowest BCUT2D eigenvalue weighted by Crippen LogP contribution is -2.49. The topological polar surface area (TPSA) is 86.7 Å². The van der Waals surface area contributed by atoms with Crippen LogP contribution < -0.4 is 5.32 Å². The number of carbonyl (C=O) groups excluding carboxylic acids is 2. The van der Waals surface area contributed by atoms with Crippen LogP contribution in [0.2, 0.25) is 0 Å². The van der Waals surface area contributed by atoms with Crippen LogP contribution in [0.3, 0.4) is 0 Å². The molecule has 1 unspecified atom stereocenters. The van der Waals surface area contributed by atoms with Gasteiger partial charge in [-0.3, -0.25) is 14.4 Å². The molecule has 0 aromatic heterocycles. The molecule has 21 heavy (non-hydrogen) atoms. The highest BCUT2D eigenvalue weighted by Crippen LogP contribution is 2.22. The highest BCUT2D eigenvalue weighted by molar-refractivity contribution is 5.85. The number of rotatable bonds is 5. The smallest absolute Gasteiger partial charge is 0.305 e. The molecule has 0 saturated carbocycles. The Morgan fingerprint density at radius 2 is 1.95 bits per heavy atom. The van der Waals surface area contributed by atoms with E-state index in [1.54, 1.807) is 4.90 Å². The number of amides is 2. The Morgan fingerprint density at radius 1 is 1.29 bits per heavy atom. The Balaban J connectivity index is 2.60. The van der Waals surface area contributed by atoms with Crippen molar-refractivity contribution in [2.45, 2.75) is 58.9 Å². The molecule has 0 aromatic rings. The minimum Gasteiger partial charge on any atom is -0.481 e. The fourth-order valence-electron chi connectivity index (χ4n) is 2.37. The number of carbonyl (C=O) groups is 3. The monoisotopic (exact) mass is 298 g/mol. The van der Waals surface area contributed by atoms with Gasteiger partial charge in [0.25, 0.3) is 0 Å². The van der Waals surface area contributed by atoms with E-state index in [0.717, 1.165) is 19.3 Å². The number of hydrogen-bond donors (Lipinski definition) is 2. The second-order valence-corrected chi connectivity index (χ2v) is 6.71. The first-order valence-corrected chi connectivity index (χ1v) is 7.49. The molecule has 6 heteroatoms. The summed E-state index contributed by atoms with van der Waals surface area (Å²) in [5, 5.41) is 11.7. The van der Waals surface area contributed by atoms with Gasteiger partial charge in [-0.05, 0) is 18.3 Å². The number of likely N-dealkylation sites (tertiary alicyclic amines) is 1. The van der Waals surface area contributed by atoms with Crippen LogP contribution >= 0.6 is 0 Å². The van der Waals surface area contributed by atoms with E-state index in [1.807, 2.05) is 20.8 Å². The van der Waals surface area contributed by atoms with E-state index in [-0.39, 0.29) is 30.2 Å². The fourth-order valence-corrected chi connectivity index (χ4v) is 2.37. The maximum Gasteiger partial charge on any atom is 0.305 e. The number of carboxylic acid groups (broad SMARTS) is 1. The predicted octanol–water partition coefficient (Wildman–Crippen LogP) is 1.39. The normalized spacial score (nSPS) is 18.0. The third-order valence-corrected chi connectivity index (χ3v) is 3.77. The standard InChI is InChI=1S/C15H26N2O4/c1-15(2,3)11(9-14(20)21)16-12(18)10-17-8-6-4-5-7-13(17)19/h11H,4-10H2,1-3H3,(H,16,18)(H,20,21). The van der Waals surface area contributed by atoms with Crippen molar-refractivity contribution >= 4 is 17.8 Å². The van der Waals surface area contributed by atoms with E-state index in [0.29, 0.717) is 13.0 Å². The van der Waals surface area contributed by atoms with Gasteiger partial charge in [0, 0.05) is 19.0 Å². The largest absolute Gasteiger partial charge is 0.481 e. The van der Waals surface area contributed by atoms with Gasteiger partial charge in [-0.15, -0.1) is 0 Å². The average Bonchev–Trinajstić information content (AvgIpc) is 2.52. The van der Waals surface area contributed by atoms with Gasteiger partial charge < -0.3 is 15.3 Å². The summed E-state index contributed by atoms with van der Waals surface area (Å²) in [6, 6.07) is -0.454. The number of nitrogens with one attached hydrogen (secondary N) is 1. The molecule has 2 amide bonds. The Kier molecular flexibility index (Phi) is 6.18. The molecule has 120 valence electrons. The third-order valence-electron chi connectivity index (χ3n) is 3.77. The molecule has 1 atom stereocenters. The highest BCUT2D eigenvalue weighted by atomic mass is 16.4. The van der Waals surface area contributed by atoms with Crippen LogP contribution in [-0.2, 0) is 14.4 Å². The number of hydrogen-bond acceptors (Lipinski definition) is 3. The Hall–Kier alpha value is -1.59. The van der Waals surface area contributed by atoms with Crippen molar-refractivity contribution < 1.29 is 19.5 Å². The van der Waals surface area contributed by atoms with Crippen molar-refractivity contribution in [1.29, 1.82) is 0 Å². The van der Waals surface area contributed by atoms with Gasteiger partial charge in [0.15, 0.2) is 0 Å². The Morgan fingerprint density at radius 3 is 2.52 bits per heavy atom. The molecule has 2 N–H and O–H groups in total. The first-order valence-electron chi connectivity index (χ1n) is 7.49. The molecule has 0 radical (unpaired) electrons. The van der Waals surface area contributed by atoms with Crippen LogP contribution in [0.15, 0.2) is 0 Å². The summed E-state index contributed by atoms with van der Waals surface area (Å²) in [6.07, 6.45) is 3.17. The lowest BCUT2D eigenvalue weighted by Gasteiger charge is -2.31. The number of nitrogens with zero attached hydrogens (tertiary/aromatic N) is 1. The van der Waals surface area contributed by atoms with Crippen LogP contribution in [0.25, 0.3) is 0 Å². The number of aliphatic carboxylic acids is 1. The summed E-state index contributed by atoms with van der Waals surface area (Å²) >= 11 is 0. The van der Waals surface area contributed by atoms with Crippen molar-refractivity contribution in [3.05, 3.63) is 0 Å². The Bertz CT molecular complexity index is 401. The molecule has 0 spiro atoms. The summed E-state index contributed by atoms with van der Waals surface area (Å²) < 4.78 is 0. The zero-order chi connectivity index (χ0) is 16.0. The molecule has 0 aromatic carbocycles. The first kappa shape index (κ1) is 17.5. The lowest BCUT2D eigenvalue weighted by atomic mass is 9.84. The maximum absolute atomic E-state index is 12.1. The second-order valence-electron chi connectivity index (χ2n) is 6.71. The molecular formula is C15H26N2O4. The molecule has 1 aliphatic heterocycles. The number of carboxylic acids is 1. The summed E-state index contributed by atoms with van der Waals surface area (Å²) in [6.45, 7) is 6.28. The van der Waals surface area contributed by atoms with E-state index in [2.05, 4.69) is 5.32 Å². The highest BCUT2D eigenvalue weighted by Gasteiger charge is 2.29. The van der Waals surface area contributed by atoms with Crippen molar-refractivity contribution in [2.24, 2.45) is 5.41 Å². The van der Waals surface area contributed by atoms with Crippen molar-refractivity contribution in [1.82, 2.24) is 10.2 Å². The van der Waals surface area contributed by atoms with Crippen molar-refractivity contribution in [3.8, 4) is 0 Å². The average molecular weight is 298 g/mol. The van der Waals surface area contributed by atoms with Crippen LogP contribution in [0.1, 0.15) is 52.9 Å². The first-order chi connectivity index (χ1) is 9.70. The zero-order valence-corrected chi connectivity index (χ0v) is 13.1. The lowest BCUT2D eigenvalue weighted by molar-refractivity contribution is -0.139. The fraction of sp³-hybridized carbons (Fsp3) is 0.800. The van der Waals surface area contributed by atoms with E-state index in [4.69, 9.17) is 5.11 Å². The van der Waals surface area contributed by atoms with Gasteiger partial charge in [0.2, 0.25) is 11.8 Å². The van der Waals surface area contributed by atoms with E-state index in [9.17, 15) is 14.4 Å². The van der Waals surface area contributed by atoms with Crippen LogP contribution in [0, 0.1) is 5.41 Å². The van der Waals surface area contributed by atoms with Gasteiger partial charge in [0.1, 0.15) is 0 Å². The van der Waals surface area contributed by atoms with Crippen LogP contribution in [0.4, 0.5) is 0 Å². The summed E-state index contributed by atoms with van der Waals surface area (Å²) in [5.41, 5.74) is -0.350. The summed E-state index contributed by atoms with van der Waals surface area (Å²) in [7, 11) is 0. The van der Waals surface area contributed by atoms with E-state index >= 15 is 0 Å². The molecule has 1 fully saturated rings. The summed E-state index contributed by atoms with van der Waals surface area (Å²) in [5.74, 6) is -1.22. The molecule has 1 heterocycles.